The zero-order valence-electron chi connectivity index (χ0n) is 19.1. The van der Waals surface area contributed by atoms with Crippen molar-refractivity contribution in [2.45, 2.75) is 32.9 Å². The average Bonchev–Trinajstić information content (AvgIpc) is 2.83. The van der Waals surface area contributed by atoms with Crippen molar-refractivity contribution in [2.24, 2.45) is 5.92 Å². The first-order valence-corrected chi connectivity index (χ1v) is 11.4. The van der Waals surface area contributed by atoms with Crippen LogP contribution in [-0.4, -0.2) is 89.8 Å². The van der Waals surface area contributed by atoms with Gasteiger partial charge in [-0.25, -0.2) is 4.79 Å². The molecule has 0 saturated carbocycles. The standard InChI is InChI=1S/C23H31F3N4O3/c1-3-27(4-2)22(33)30-11-9-18(10-12-30)21(32)29-15-13-28(14-16-29)20(31)17-5-7-19(8-6-17)23(24,25)26/h5-8,18H,3-4,9-16H2,1-2H3. The minimum absolute atomic E-state index is 0.0151. The molecule has 2 aliphatic heterocycles. The molecule has 0 aliphatic carbocycles. The van der Waals surface area contributed by atoms with Crippen molar-refractivity contribution in [3.05, 3.63) is 35.4 Å². The average molecular weight is 469 g/mol. The minimum Gasteiger partial charge on any atom is -0.339 e. The number of likely N-dealkylation sites (tertiary alicyclic amines) is 1. The number of hydrogen-bond donors (Lipinski definition) is 0. The first kappa shape index (κ1) is 24.9. The fraction of sp³-hybridized carbons (Fsp3) is 0.609. The molecule has 7 nitrogen and oxygen atoms in total. The fourth-order valence-electron chi connectivity index (χ4n) is 4.38. The second-order valence-electron chi connectivity index (χ2n) is 8.41. The van der Waals surface area contributed by atoms with Gasteiger partial charge in [0.25, 0.3) is 5.91 Å². The summed E-state index contributed by atoms with van der Waals surface area (Å²) in [7, 11) is 0. The monoisotopic (exact) mass is 468 g/mol. The highest BCUT2D eigenvalue weighted by Gasteiger charge is 2.34. The fourth-order valence-corrected chi connectivity index (χ4v) is 4.38. The Bertz CT molecular complexity index is 840. The van der Waals surface area contributed by atoms with E-state index in [2.05, 4.69) is 0 Å². The number of piperidine rings is 1. The maximum atomic E-state index is 13.0. The molecule has 10 heteroatoms. The topological polar surface area (TPSA) is 64.2 Å². The Labute approximate surface area is 192 Å². The van der Waals surface area contributed by atoms with Gasteiger partial charge in [0.05, 0.1) is 5.56 Å². The second-order valence-corrected chi connectivity index (χ2v) is 8.41. The molecule has 0 bridgehead atoms. The van der Waals surface area contributed by atoms with Crippen LogP contribution in [0.25, 0.3) is 0 Å². The van der Waals surface area contributed by atoms with Crippen LogP contribution in [0.1, 0.15) is 42.6 Å². The van der Waals surface area contributed by atoms with Crippen molar-refractivity contribution in [3.63, 3.8) is 0 Å². The Morgan fingerprint density at radius 3 is 1.85 bits per heavy atom. The molecule has 2 fully saturated rings. The highest BCUT2D eigenvalue weighted by atomic mass is 19.4. The lowest BCUT2D eigenvalue weighted by molar-refractivity contribution is -0.138. The third-order valence-electron chi connectivity index (χ3n) is 6.49. The Balaban J connectivity index is 1.48. The first-order valence-electron chi connectivity index (χ1n) is 11.4. The molecule has 0 atom stereocenters. The zero-order chi connectivity index (χ0) is 24.2. The van der Waals surface area contributed by atoms with Gasteiger partial charge in [0, 0.05) is 63.8 Å². The van der Waals surface area contributed by atoms with Crippen LogP contribution in [0.5, 0.6) is 0 Å². The van der Waals surface area contributed by atoms with Gasteiger partial charge >= 0.3 is 12.2 Å². The lowest BCUT2D eigenvalue weighted by Crippen LogP contribution is -2.53. The molecule has 33 heavy (non-hydrogen) atoms. The number of benzene rings is 1. The number of hydrogen-bond acceptors (Lipinski definition) is 3. The number of piperazine rings is 1. The number of amides is 4. The van der Waals surface area contributed by atoms with Crippen LogP contribution in [0.4, 0.5) is 18.0 Å². The van der Waals surface area contributed by atoms with Crippen molar-refractivity contribution in [1.29, 1.82) is 0 Å². The van der Waals surface area contributed by atoms with Gasteiger partial charge in [-0.05, 0) is 51.0 Å². The van der Waals surface area contributed by atoms with E-state index in [1.165, 1.54) is 12.1 Å². The first-order chi connectivity index (χ1) is 15.7. The molecule has 1 aromatic rings. The summed E-state index contributed by atoms with van der Waals surface area (Å²) in [5, 5.41) is 0. The number of alkyl halides is 3. The molecule has 0 unspecified atom stereocenters. The van der Waals surface area contributed by atoms with E-state index in [-0.39, 0.29) is 29.3 Å². The summed E-state index contributed by atoms with van der Waals surface area (Å²) in [6.07, 6.45) is -3.20. The van der Waals surface area contributed by atoms with E-state index in [0.717, 1.165) is 12.1 Å². The normalized spacial score (nSPS) is 17.8. The molecule has 3 rings (SSSR count). The SMILES string of the molecule is CCN(CC)C(=O)N1CCC(C(=O)N2CCN(C(=O)c3ccc(C(F)(F)F)cc3)CC2)CC1. The van der Waals surface area contributed by atoms with E-state index in [1.807, 2.05) is 13.8 Å². The molecular formula is C23H31F3N4O3. The third kappa shape index (κ3) is 5.78. The maximum Gasteiger partial charge on any atom is 0.416 e. The zero-order valence-corrected chi connectivity index (χ0v) is 19.1. The smallest absolute Gasteiger partial charge is 0.339 e. The maximum absolute atomic E-state index is 13.0. The van der Waals surface area contributed by atoms with Crippen LogP contribution in [0.3, 0.4) is 0 Å². The van der Waals surface area contributed by atoms with Gasteiger partial charge in [-0.3, -0.25) is 9.59 Å². The molecule has 2 heterocycles. The van der Waals surface area contributed by atoms with E-state index >= 15 is 0 Å². The summed E-state index contributed by atoms with van der Waals surface area (Å²) in [6.45, 7) is 7.77. The summed E-state index contributed by atoms with van der Waals surface area (Å²) >= 11 is 0. The van der Waals surface area contributed by atoms with Crippen molar-refractivity contribution in [2.75, 3.05) is 52.4 Å². The van der Waals surface area contributed by atoms with Gasteiger partial charge in [0.15, 0.2) is 0 Å². The minimum atomic E-state index is -4.44. The number of carbonyl (C=O) groups excluding carboxylic acids is 3. The summed E-state index contributed by atoms with van der Waals surface area (Å²) < 4.78 is 38.2. The van der Waals surface area contributed by atoms with E-state index in [1.54, 1.807) is 19.6 Å². The number of carbonyl (C=O) groups is 3. The van der Waals surface area contributed by atoms with Gasteiger partial charge in [0.1, 0.15) is 0 Å². The van der Waals surface area contributed by atoms with E-state index in [4.69, 9.17) is 0 Å². The molecule has 182 valence electrons. The van der Waals surface area contributed by atoms with Crippen molar-refractivity contribution >= 4 is 17.8 Å². The van der Waals surface area contributed by atoms with Crippen molar-refractivity contribution < 1.29 is 27.6 Å². The van der Waals surface area contributed by atoms with Crippen LogP contribution < -0.4 is 0 Å². The summed E-state index contributed by atoms with van der Waals surface area (Å²) in [4.78, 5) is 45.0. The number of urea groups is 1. The summed E-state index contributed by atoms with van der Waals surface area (Å²) in [5.74, 6) is -0.423. The molecule has 4 amide bonds. The number of rotatable bonds is 4. The molecule has 1 aromatic carbocycles. The Morgan fingerprint density at radius 2 is 1.36 bits per heavy atom. The number of nitrogens with zero attached hydrogens (tertiary/aromatic N) is 4. The highest BCUT2D eigenvalue weighted by molar-refractivity contribution is 5.94. The van der Waals surface area contributed by atoms with Gasteiger partial charge < -0.3 is 19.6 Å². The second kappa shape index (κ2) is 10.4. The van der Waals surface area contributed by atoms with E-state index < -0.39 is 11.7 Å². The Hall–Kier alpha value is -2.78. The van der Waals surface area contributed by atoms with Crippen molar-refractivity contribution in [3.8, 4) is 0 Å². The molecule has 0 aromatic heterocycles. The largest absolute Gasteiger partial charge is 0.416 e. The predicted molar refractivity (Wildman–Crippen MR) is 117 cm³/mol. The van der Waals surface area contributed by atoms with Gasteiger partial charge in [-0.2, -0.15) is 13.2 Å². The quantitative estimate of drug-likeness (QED) is 0.682. The highest BCUT2D eigenvalue weighted by Crippen LogP contribution is 2.29. The Kier molecular flexibility index (Phi) is 7.86. The van der Waals surface area contributed by atoms with Gasteiger partial charge in [-0.1, -0.05) is 0 Å². The molecule has 2 saturated heterocycles. The van der Waals surface area contributed by atoms with E-state index in [0.29, 0.717) is 65.2 Å². The van der Waals surface area contributed by atoms with E-state index in [9.17, 15) is 27.6 Å². The predicted octanol–water partition coefficient (Wildman–Crippen LogP) is 3.16. The molecule has 0 radical (unpaired) electrons. The molecule has 0 N–H and O–H groups in total. The lowest BCUT2D eigenvalue weighted by Gasteiger charge is -2.39. The molecule has 2 aliphatic rings. The van der Waals surface area contributed by atoms with Crippen LogP contribution in [0, 0.1) is 5.92 Å². The Morgan fingerprint density at radius 1 is 0.848 bits per heavy atom. The van der Waals surface area contributed by atoms with Gasteiger partial charge in [-0.15, -0.1) is 0 Å². The third-order valence-corrected chi connectivity index (χ3v) is 6.49. The van der Waals surface area contributed by atoms with Crippen molar-refractivity contribution in [1.82, 2.24) is 19.6 Å². The van der Waals surface area contributed by atoms with Gasteiger partial charge in [0.2, 0.25) is 5.91 Å². The van der Waals surface area contributed by atoms with Crippen LogP contribution >= 0.6 is 0 Å². The molecule has 0 spiro atoms. The number of halogens is 3. The summed E-state index contributed by atoms with van der Waals surface area (Å²) in [5.41, 5.74) is -0.590. The molecular weight excluding hydrogens is 437 g/mol. The summed E-state index contributed by atoms with van der Waals surface area (Å²) in [6, 6.07) is 4.21. The van der Waals surface area contributed by atoms with Crippen LogP contribution in [0.15, 0.2) is 24.3 Å². The van der Waals surface area contributed by atoms with Crippen LogP contribution in [0.2, 0.25) is 0 Å². The lowest BCUT2D eigenvalue weighted by atomic mass is 9.95. The van der Waals surface area contributed by atoms with Crippen LogP contribution in [-0.2, 0) is 11.0 Å².